The molecule has 0 bridgehead atoms. The molecule has 1 N–H and O–H groups in total. The van der Waals surface area contributed by atoms with Crippen LogP contribution in [-0.4, -0.2) is 25.3 Å². The van der Waals surface area contributed by atoms with Gasteiger partial charge in [-0.2, -0.15) is 0 Å². The maximum atomic E-state index is 11.8. The minimum Gasteiger partial charge on any atom is -0.492 e. The van der Waals surface area contributed by atoms with Crippen LogP contribution in [0.3, 0.4) is 0 Å². The predicted octanol–water partition coefficient (Wildman–Crippen LogP) is 3.01. The maximum Gasteiger partial charge on any atom is 0.339 e. The minimum absolute atomic E-state index is 0.322. The summed E-state index contributed by atoms with van der Waals surface area (Å²) in [6, 6.07) is 3.51. The van der Waals surface area contributed by atoms with E-state index in [0.717, 1.165) is 0 Å². The number of hydrogen-bond donors (Lipinski definition) is 1. The molecule has 2 heterocycles. The van der Waals surface area contributed by atoms with Crippen LogP contribution in [0.2, 0.25) is 0 Å². The molecule has 0 fully saturated rings. The van der Waals surface area contributed by atoms with Gasteiger partial charge in [-0.15, -0.1) is 0 Å². The first-order chi connectivity index (χ1) is 10.5. The molecule has 0 aliphatic heterocycles. The number of furan rings is 2. The monoisotopic (exact) mass is 304 g/mol. The van der Waals surface area contributed by atoms with Crippen LogP contribution in [0.15, 0.2) is 21.0 Å². The molecule has 0 aliphatic carbocycles. The van der Waals surface area contributed by atoms with Gasteiger partial charge in [0.05, 0.1) is 19.6 Å². The Balaban J connectivity index is 2.48. The number of aliphatic hydroxyl groups excluding tert-OH is 1. The Labute approximate surface area is 126 Å². The van der Waals surface area contributed by atoms with E-state index < -0.39 is 12.1 Å². The number of benzene rings is 1. The largest absolute Gasteiger partial charge is 0.492 e. The smallest absolute Gasteiger partial charge is 0.339 e. The Hall–Kier alpha value is -2.47. The van der Waals surface area contributed by atoms with Gasteiger partial charge in [-0.1, -0.05) is 0 Å². The summed E-state index contributed by atoms with van der Waals surface area (Å²) in [6.45, 7) is 3.56. The van der Waals surface area contributed by atoms with Gasteiger partial charge < -0.3 is 23.4 Å². The molecular weight excluding hydrogens is 288 g/mol. The van der Waals surface area contributed by atoms with Crippen LogP contribution in [-0.2, 0) is 9.53 Å². The standard InChI is InChI=1S/C16H16O6/c1-7-5-9-11(12(17)16(18)20-4)13-10(6-8(2)21-13)14(19-3)15(9)22-7/h5-6,12,17H,1-4H3. The molecular formula is C16H16O6. The second-order valence-electron chi connectivity index (χ2n) is 5.07. The van der Waals surface area contributed by atoms with E-state index in [1.54, 1.807) is 26.0 Å². The van der Waals surface area contributed by atoms with Crippen molar-refractivity contribution in [2.75, 3.05) is 14.2 Å². The van der Waals surface area contributed by atoms with Gasteiger partial charge >= 0.3 is 5.97 Å². The van der Waals surface area contributed by atoms with Crippen LogP contribution in [0.1, 0.15) is 23.2 Å². The van der Waals surface area contributed by atoms with Crippen molar-refractivity contribution in [3.63, 3.8) is 0 Å². The minimum atomic E-state index is -1.47. The summed E-state index contributed by atoms with van der Waals surface area (Å²) in [5.41, 5.74) is 1.18. The van der Waals surface area contributed by atoms with Gasteiger partial charge in [-0.25, -0.2) is 4.79 Å². The van der Waals surface area contributed by atoms with Gasteiger partial charge in [-0.05, 0) is 26.0 Å². The molecule has 6 heteroatoms. The van der Waals surface area contributed by atoms with E-state index in [4.69, 9.17) is 13.6 Å². The average Bonchev–Trinajstić information content (AvgIpc) is 3.04. The number of aliphatic hydroxyl groups is 1. The fourth-order valence-corrected chi connectivity index (χ4v) is 2.71. The summed E-state index contributed by atoms with van der Waals surface area (Å²) < 4.78 is 21.4. The van der Waals surface area contributed by atoms with Crippen molar-refractivity contribution in [2.45, 2.75) is 20.0 Å². The number of methoxy groups -OCH3 is 2. The van der Waals surface area contributed by atoms with Crippen molar-refractivity contribution in [3.05, 3.63) is 29.2 Å². The Bertz CT molecular complexity index is 812. The molecule has 0 saturated heterocycles. The van der Waals surface area contributed by atoms with Crippen LogP contribution < -0.4 is 4.74 Å². The Morgan fingerprint density at radius 2 is 1.68 bits per heavy atom. The first-order valence-corrected chi connectivity index (χ1v) is 6.74. The summed E-state index contributed by atoms with van der Waals surface area (Å²) in [4.78, 5) is 11.8. The van der Waals surface area contributed by atoms with E-state index in [9.17, 15) is 9.90 Å². The highest BCUT2D eigenvalue weighted by atomic mass is 16.5. The number of esters is 1. The molecule has 1 unspecified atom stereocenters. The molecule has 0 spiro atoms. The second-order valence-corrected chi connectivity index (χ2v) is 5.07. The van der Waals surface area contributed by atoms with E-state index in [1.807, 2.05) is 0 Å². The average molecular weight is 304 g/mol. The Morgan fingerprint density at radius 1 is 1.09 bits per heavy atom. The number of fused-ring (bicyclic) bond motifs is 2. The number of rotatable bonds is 3. The highest BCUT2D eigenvalue weighted by Gasteiger charge is 2.29. The van der Waals surface area contributed by atoms with Crippen LogP contribution in [0.25, 0.3) is 21.9 Å². The van der Waals surface area contributed by atoms with Crippen molar-refractivity contribution >= 4 is 27.9 Å². The van der Waals surface area contributed by atoms with Crippen LogP contribution in [0, 0.1) is 13.8 Å². The molecule has 1 aromatic carbocycles. The van der Waals surface area contributed by atoms with E-state index >= 15 is 0 Å². The zero-order valence-corrected chi connectivity index (χ0v) is 12.7. The number of carbonyl (C=O) groups is 1. The third-order valence-electron chi connectivity index (χ3n) is 3.60. The lowest BCUT2D eigenvalue weighted by molar-refractivity contribution is -0.150. The lowest BCUT2D eigenvalue weighted by Gasteiger charge is -2.12. The summed E-state index contributed by atoms with van der Waals surface area (Å²) >= 11 is 0. The fourth-order valence-electron chi connectivity index (χ4n) is 2.71. The molecule has 0 aliphatic rings. The van der Waals surface area contributed by atoms with Gasteiger partial charge in [0.1, 0.15) is 17.1 Å². The zero-order chi connectivity index (χ0) is 16.0. The zero-order valence-electron chi connectivity index (χ0n) is 12.7. The van der Waals surface area contributed by atoms with Crippen LogP contribution in [0.5, 0.6) is 5.75 Å². The molecule has 3 rings (SSSR count). The summed E-state index contributed by atoms with van der Waals surface area (Å²) in [7, 11) is 2.75. The Kier molecular flexibility index (Phi) is 3.33. The third kappa shape index (κ3) is 1.95. The summed E-state index contributed by atoms with van der Waals surface area (Å²) in [5, 5.41) is 11.6. The second kappa shape index (κ2) is 5.06. The van der Waals surface area contributed by atoms with Gasteiger partial charge in [0.15, 0.2) is 17.4 Å². The van der Waals surface area contributed by atoms with E-state index in [1.165, 1.54) is 14.2 Å². The normalized spacial score (nSPS) is 12.8. The van der Waals surface area contributed by atoms with Gasteiger partial charge in [0.2, 0.25) is 0 Å². The van der Waals surface area contributed by atoms with E-state index in [0.29, 0.717) is 44.8 Å². The molecule has 0 amide bonds. The first kappa shape index (κ1) is 14.5. The van der Waals surface area contributed by atoms with E-state index in [2.05, 4.69) is 4.74 Å². The number of ether oxygens (including phenoxy) is 2. The quantitative estimate of drug-likeness (QED) is 0.749. The summed E-state index contributed by atoms with van der Waals surface area (Å²) in [6.07, 6.45) is -1.47. The number of aryl methyl sites for hydroxylation is 2. The van der Waals surface area contributed by atoms with Gasteiger partial charge in [-0.3, -0.25) is 0 Å². The SMILES string of the molecule is COC(=O)C(O)c1c2cc(C)oc2c(OC)c2cc(C)oc12. The number of carbonyl (C=O) groups excluding carboxylic acids is 1. The Morgan fingerprint density at radius 3 is 2.27 bits per heavy atom. The lowest BCUT2D eigenvalue weighted by Crippen LogP contribution is -2.14. The van der Waals surface area contributed by atoms with Gasteiger partial charge in [0, 0.05) is 10.9 Å². The number of hydrogen-bond acceptors (Lipinski definition) is 6. The van der Waals surface area contributed by atoms with Crippen LogP contribution in [0.4, 0.5) is 0 Å². The maximum absolute atomic E-state index is 11.8. The molecule has 1 atom stereocenters. The molecule has 22 heavy (non-hydrogen) atoms. The molecule has 6 nitrogen and oxygen atoms in total. The summed E-state index contributed by atoms with van der Waals surface area (Å²) in [5.74, 6) is 1.02. The highest BCUT2D eigenvalue weighted by Crippen LogP contribution is 2.43. The van der Waals surface area contributed by atoms with Crippen molar-refractivity contribution in [3.8, 4) is 5.75 Å². The van der Waals surface area contributed by atoms with E-state index in [-0.39, 0.29) is 0 Å². The van der Waals surface area contributed by atoms with Crippen molar-refractivity contribution < 1.29 is 28.2 Å². The molecule has 0 radical (unpaired) electrons. The molecule has 116 valence electrons. The van der Waals surface area contributed by atoms with Crippen molar-refractivity contribution in [1.82, 2.24) is 0 Å². The van der Waals surface area contributed by atoms with Crippen molar-refractivity contribution in [1.29, 1.82) is 0 Å². The fraction of sp³-hybridized carbons (Fsp3) is 0.312. The lowest BCUT2D eigenvalue weighted by atomic mass is 10.0. The third-order valence-corrected chi connectivity index (χ3v) is 3.60. The molecule has 2 aromatic heterocycles. The molecule has 0 saturated carbocycles. The van der Waals surface area contributed by atoms with Crippen molar-refractivity contribution in [2.24, 2.45) is 0 Å². The first-order valence-electron chi connectivity index (χ1n) is 6.74. The van der Waals surface area contributed by atoms with Crippen LogP contribution >= 0.6 is 0 Å². The predicted molar refractivity (Wildman–Crippen MR) is 79.0 cm³/mol. The topological polar surface area (TPSA) is 82.0 Å². The highest BCUT2D eigenvalue weighted by molar-refractivity contribution is 6.07. The van der Waals surface area contributed by atoms with Gasteiger partial charge in [0.25, 0.3) is 0 Å². The molecule has 3 aromatic rings.